The third-order valence-electron chi connectivity index (χ3n) is 5.01. The van der Waals surface area contributed by atoms with E-state index in [-0.39, 0.29) is 12.0 Å². The van der Waals surface area contributed by atoms with E-state index in [9.17, 15) is 9.90 Å². The van der Waals surface area contributed by atoms with Gasteiger partial charge in [0.2, 0.25) is 0 Å². The van der Waals surface area contributed by atoms with Gasteiger partial charge in [-0.15, -0.1) is 0 Å². The average Bonchev–Trinajstić information content (AvgIpc) is 3.15. The fourth-order valence-electron chi connectivity index (χ4n) is 3.50. The predicted octanol–water partition coefficient (Wildman–Crippen LogP) is 1.01. The molecule has 2 fully saturated rings. The van der Waals surface area contributed by atoms with Crippen LogP contribution in [0, 0.1) is 0 Å². The molecule has 0 spiro atoms. The first-order chi connectivity index (χ1) is 12.7. The number of carbonyl (C=O) groups is 1. The quantitative estimate of drug-likeness (QED) is 0.888. The highest BCUT2D eigenvalue weighted by Crippen LogP contribution is 2.21. The highest BCUT2D eigenvalue weighted by atomic mass is 16.3. The van der Waals surface area contributed by atoms with Crippen LogP contribution >= 0.6 is 0 Å². The maximum Gasteiger partial charge on any atom is 0.253 e. The third kappa shape index (κ3) is 3.48. The summed E-state index contributed by atoms with van der Waals surface area (Å²) in [5.41, 5.74) is 0.732. The normalized spacial score (nSPS) is 20.5. The Hall–Kier alpha value is -2.67. The van der Waals surface area contributed by atoms with E-state index in [4.69, 9.17) is 4.98 Å². The minimum atomic E-state index is -0.284. The van der Waals surface area contributed by atoms with Gasteiger partial charge in [-0.1, -0.05) is 18.2 Å². The molecule has 2 saturated heterocycles. The van der Waals surface area contributed by atoms with Crippen molar-refractivity contribution in [3.05, 3.63) is 48.3 Å². The van der Waals surface area contributed by atoms with Gasteiger partial charge in [0.05, 0.1) is 18.5 Å². The maximum absolute atomic E-state index is 12.6. The number of carbonyl (C=O) groups excluding carboxylic acids is 1. The Kier molecular flexibility index (Phi) is 4.71. The molecule has 3 heterocycles. The van der Waals surface area contributed by atoms with Crippen molar-refractivity contribution < 1.29 is 9.90 Å². The number of anilines is 2. The van der Waals surface area contributed by atoms with Gasteiger partial charge in [0.1, 0.15) is 11.6 Å². The molecule has 136 valence electrons. The van der Waals surface area contributed by atoms with Gasteiger partial charge < -0.3 is 19.8 Å². The number of amides is 1. The van der Waals surface area contributed by atoms with Crippen molar-refractivity contribution in [2.45, 2.75) is 12.5 Å². The summed E-state index contributed by atoms with van der Waals surface area (Å²) in [7, 11) is 0. The molecule has 1 aromatic carbocycles. The van der Waals surface area contributed by atoms with Gasteiger partial charge in [0, 0.05) is 44.8 Å². The van der Waals surface area contributed by atoms with Crippen LogP contribution in [-0.4, -0.2) is 71.3 Å². The van der Waals surface area contributed by atoms with E-state index < -0.39 is 0 Å². The van der Waals surface area contributed by atoms with Crippen molar-refractivity contribution in [3.63, 3.8) is 0 Å². The highest BCUT2D eigenvalue weighted by Gasteiger charge is 2.25. The minimum Gasteiger partial charge on any atom is -0.391 e. The molecule has 0 bridgehead atoms. The van der Waals surface area contributed by atoms with E-state index in [0.717, 1.165) is 43.3 Å². The summed E-state index contributed by atoms with van der Waals surface area (Å²) >= 11 is 0. The summed E-state index contributed by atoms with van der Waals surface area (Å²) in [4.78, 5) is 27.7. The molecule has 1 N–H and O–H groups in total. The topological polar surface area (TPSA) is 72.8 Å². The molecule has 2 aliphatic rings. The monoisotopic (exact) mass is 353 g/mol. The van der Waals surface area contributed by atoms with Gasteiger partial charge in [-0.25, -0.2) is 4.98 Å². The smallest absolute Gasteiger partial charge is 0.253 e. The van der Waals surface area contributed by atoms with Crippen LogP contribution in [0.3, 0.4) is 0 Å². The zero-order valence-corrected chi connectivity index (χ0v) is 14.7. The van der Waals surface area contributed by atoms with E-state index in [0.29, 0.717) is 19.6 Å². The van der Waals surface area contributed by atoms with E-state index in [1.165, 1.54) is 0 Å². The van der Waals surface area contributed by atoms with Crippen molar-refractivity contribution in [3.8, 4) is 0 Å². The number of aliphatic hydroxyl groups excluding tert-OH is 1. The first-order valence-electron chi connectivity index (χ1n) is 9.05. The molecule has 0 saturated carbocycles. The molecule has 2 aromatic rings. The molecular weight excluding hydrogens is 330 g/mol. The fraction of sp³-hybridized carbons (Fsp3) is 0.421. The number of rotatable bonds is 3. The fourth-order valence-corrected chi connectivity index (χ4v) is 3.50. The number of nitrogens with zero attached hydrogens (tertiary/aromatic N) is 5. The number of benzene rings is 1. The summed E-state index contributed by atoms with van der Waals surface area (Å²) in [5.74, 6) is 1.72. The van der Waals surface area contributed by atoms with Crippen molar-refractivity contribution in [1.29, 1.82) is 0 Å². The Morgan fingerprint density at radius 1 is 0.962 bits per heavy atom. The number of piperazine rings is 1. The summed E-state index contributed by atoms with van der Waals surface area (Å²) in [6.07, 6.45) is 4.00. The highest BCUT2D eigenvalue weighted by molar-refractivity contribution is 5.94. The lowest BCUT2D eigenvalue weighted by Crippen LogP contribution is -2.49. The van der Waals surface area contributed by atoms with Crippen LogP contribution in [0.15, 0.2) is 42.7 Å². The number of hydrogen-bond acceptors (Lipinski definition) is 6. The van der Waals surface area contributed by atoms with E-state index >= 15 is 0 Å². The molecule has 1 aromatic heterocycles. The Labute approximate surface area is 152 Å². The second kappa shape index (κ2) is 7.29. The maximum atomic E-state index is 12.6. The zero-order chi connectivity index (χ0) is 17.9. The zero-order valence-electron chi connectivity index (χ0n) is 14.7. The first-order valence-corrected chi connectivity index (χ1v) is 9.05. The van der Waals surface area contributed by atoms with Crippen molar-refractivity contribution in [2.75, 3.05) is 49.1 Å². The van der Waals surface area contributed by atoms with E-state index in [2.05, 4.69) is 14.8 Å². The summed E-state index contributed by atoms with van der Waals surface area (Å²) in [5, 5.41) is 9.72. The van der Waals surface area contributed by atoms with Crippen LogP contribution in [0.1, 0.15) is 16.8 Å². The Morgan fingerprint density at radius 3 is 2.31 bits per heavy atom. The second-order valence-electron chi connectivity index (χ2n) is 6.77. The third-order valence-corrected chi connectivity index (χ3v) is 5.01. The molecule has 26 heavy (non-hydrogen) atoms. The number of hydrogen-bond donors (Lipinski definition) is 1. The van der Waals surface area contributed by atoms with Crippen LogP contribution in [0.5, 0.6) is 0 Å². The van der Waals surface area contributed by atoms with Gasteiger partial charge in [-0.3, -0.25) is 9.78 Å². The summed E-state index contributed by atoms with van der Waals surface area (Å²) in [6.45, 7) is 4.22. The van der Waals surface area contributed by atoms with Crippen LogP contribution in [0.2, 0.25) is 0 Å². The summed E-state index contributed by atoms with van der Waals surface area (Å²) in [6, 6.07) is 9.40. The Morgan fingerprint density at radius 2 is 1.65 bits per heavy atom. The molecule has 7 nitrogen and oxygen atoms in total. The molecule has 2 aliphatic heterocycles. The number of aromatic nitrogens is 2. The predicted molar refractivity (Wildman–Crippen MR) is 99.4 cm³/mol. The number of β-amino-alcohol motifs (C(OH)–C–C–N with tert-alkyl or cyclic N) is 1. The van der Waals surface area contributed by atoms with Crippen molar-refractivity contribution in [1.82, 2.24) is 14.9 Å². The van der Waals surface area contributed by atoms with Crippen LogP contribution in [-0.2, 0) is 0 Å². The molecule has 4 rings (SSSR count). The van der Waals surface area contributed by atoms with E-state index in [1.54, 1.807) is 12.4 Å². The molecule has 1 atom stereocenters. The lowest BCUT2D eigenvalue weighted by atomic mass is 10.2. The van der Waals surface area contributed by atoms with Crippen molar-refractivity contribution in [2.24, 2.45) is 0 Å². The molecule has 0 radical (unpaired) electrons. The summed E-state index contributed by atoms with van der Waals surface area (Å²) < 4.78 is 0. The first kappa shape index (κ1) is 16.8. The van der Waals surface area contributed by atoms with Gasteiger partial charge in [0.15, 0.2) is 0 Å². The largest absolute Gasteiger partial charge is 0.391 e. The average molecular weight is 353 g/mol. The molecule has 0 aliphatic carbocycles. The van der Waals surface area contributed by atoms with Gasteiger partial charge in [-0.2, -0.15) is 0 Å². The lowest BCUT2D eigenvalue weighted by molar-refractivity contribution is 0.0746. The second-order valence-corrected chi connectivity index (χ2v) is 6.77. The van der Waals surface area contributed by atoms with Gasteiger partial charge in [0.25, 0.3) is 5.91 Å². The molecule has 7 heteroatoms. The standard InChI is InChI=1S/C19H23N5O2/c25-16-6-7-24(14-16)18-13-20-12-17(21-18)22-8-10-23(11-9-22)19(26)15-4-2-1-3-5-15/h1-5,12-13,16,25H,6-11,14H2. The molecular formula is C19H23N5O2. The lowest BCUT2D eigenvalue weighted by Gasteiger charge is -2.35. The Balaban J connectivity index is 1.40. The van der Waals surface area contributed by atoms with Crippen LogP contribution in [0.4, 0.5) is 11.6 Å². The van der Waals surface area contributed by atoms with Gasteiger partial charge >= 0.3 is 0 Å². The van der Waals surface area contributed by atoms with Crippen LogP contribution < -0.4 is 9.80 Å². The van der Waals surface area contributed by atoms with E-state index in [1.807, 2.05) is 35.2 Å². The minimum absolute atomic E-state index is 0.0798. The SMILES string of the molecule is O=C(c1ccccc1)N1CCN(c2cncc(N3CCC(O)C3)n2)CC1. The molecule has 1 amide bonds. The Bertz CT molecular complexity index is 762. The van der Waals surface area contributed by atoms with Crippen molar-refractivity contribution >= 4 is 17.5 Å². The molecule has 1 unspecified atom stereocenters. The van der Waals surface area contributed by atoms with Gasteiger partial charge in [-0.05, 0) is 18.6 Å². The van der Waals surface area contributed by atoms with Crippen LogP contribution in [0.25, 0.3) is 0 Å². The number of aliphatic hydroxyl groups is 1.